The molecule has 3 N–H and O–H groups in total. The minimum Gasteiger partial charge on any atom is -0.507 e. The maximum absolute atomic E-state index is 12.9. The van der Waals surface area contributed by atoms with Crippen LogP contribution >= 0.6 is 0 Å². The van der Waals surface area contributed by atoms with E-state index in [9.17, 15) is 23.4 Å². The number of aromatic hydroxyl groups is 1. The van der Waals surface area contributed by atoms with Crippen LogP contribution < -0.4 is 5.32 Å². The number of aromatic nitrogens is 2. The Labute approximate surface area is 177 Å². The molecule has 0 amide bonds. The molecule has 2 heterocycles. The second-order valence-electron chi connectivity index (χ2n) is 7.68. The summed E-state index contributed by atoms with van der Waals surface area (Å²) in [7, 11) is 0. The third-order valence-corrected chi connectivity index (χ3v) is 5.53. The van der Waals surface area contributed by atoms with Crippen LogP contribution in [0.2, 0.25) is 0 Å². The Balaban J connectivity index is 1.68. The van der Waals surface area contributed by atoms with Gasteiger partial charge in [-0.2, -0.15) is 13.2 Å². The second kappa shape index (κ2) is 8.68. The molecule has 0 bridgehead atoms. The van der Waals surface area contributed by atoms with E-state index in [1.165, 1.54) is 6.07 Å². The molecule has 1 aliphatic rings. The van der Waals surface area contributed by atoms with Gasteiger partial charge in [-0.3, -0.25) is 4.90 Å². The topological polar surface area (TPSA) is 81.5 Å². The molecule has 9 heteroatoms. The number of aliphatic hydroxyl groups is 1. The van der Waals surface area contributed by atoms with Gasteiger partial charge in [-0.05, 0) is 37.6 Å². The molecule has 0 aliphatic carbocycles. The molecular formula is C22H23F3N4O2. The van der Waals surface area contributed by atoms with Gasteiger partial charge in [0.25, 0.3) is 0 Å². The molecule has 0 radical (unpaired) electrons. The van der Waals surface area contributed by atoms with Gasteiger partial charge in [0, 0.05) is 35.5 Å². The summed E-state index contributed by atoms with van der Waals surface area (Å²) in [6.45, 7) is 2.45. The van der Waals surface area contributed by atoms with Gasteiger partial charge in [0.1, 0.15) is 11.4 Å². The fourth-order valence-corrected chi connectivity index (χ4v) is 4.03. The van der Waals surface area contributed by atoms with Gasteiger partial charge < -0.3 is 15.5 Å². The van der Waals surface area contributed by atoms with E-state index in [0.717, 1.165) is 37.4 Å². The van der Waals surface area contributed by atoms with Crippen molar-refractivity contribution in [3.05, 3.63) is 48.0 Å². The van der Waals surface area contributed by atoms with Crippen LogP contribution in [-0.2, 0) is 6.18 Å². The van der Waals surface area contributed by atoms with Crippen LogP contribution in [0.25, 0.3) is 22.0 Å². The van der Waals surface area contributed by atoms with E-state index in [0.29, 0.717) is 29.5 Å². The Morgan fingerprint density at radius 1 is 1.10 bits per heavy atom. The number of halogens is 3. The molecule has 0 unspecified atom stereocenters. The monoisotopic (exact) mass is 432 g/mol. The highest BCUT2D eigenvalue weighted by Crippen LogP contribution is 2.38. The number of phenolic OH excluding ortho intramolecular Hbond substituents is 1. The number of nitrogens with zero attached hydrogens (tertiary/aromatic N) is 3. The van der Waals surface area contributed by atoms with Crippen LogP contribution in [0.5, 0.6) is 5.75 Å². The van der Waals surface area contributed by atoms with E-state index >= 15 is 0 Å². The van der Waals surface area contributed by atoms with Crippen LogP contribution in [0.4, 0.5) is 19.0 Å². The molecule has 1 aromatic heterocycles. The van der Waals surface area contributed by atoms with Crippen molar-refractivity contribution in [1.29, 1.82) is 0 Å². The Kier molecular flexibility index (Phi) is 5.97. The van der Waals surface area contributed by atoms with Gasteiger partial charge >= 0.3 is 6.18 Å². The lowest BCUT2D eigenvalue weighted by atomic mass is 10.0. The third kappa shape index (κ3) is 4.57. The Morgan fingerprint density at radius 2 is 1.87 bits per heavy atom. The van der Waals surface area contributed by atoms with Gasteiger partial charge in [-0.15, -0.1) is 10.2 Å². The smallest absolute Gasteiger partial charge is 0.416 e. The van der Waals surface area contributed by atoms with Crippen molar-refractivity contribution >= 4 is 16.6 Å². The summed E-state index contributed by atoms with van der Waals surface area (Å²) in [5.74, 6) is 0.0866. The van der Waals surface area contributed by atoms with Gasteiger partial charge in [-0.1, -0.05) is 24.3 Å². The quantitative estimate of drug-likeness (QED) is 0.568. The molecule has 164 valence electrons. The summed E-state index contributed by atoms with van der Waals surface area (Å²) in [5.41, 5.74) is -0.415. The highest BCUT2D eigenvalue weighted by Gasteiger charge is 2.31. The molecule has 1 aliphatic heterocycles. The lowest BCUT2D eigenvalue weighted by Gasteiger charge is -2.33. The molecule has 2 aromatic carbocycles. The van der Waals surface area contributed by atoms with Crippen LogP contribution in [-0.4, -0.2) is 57.6 Å². The maximum Gasteiger partial charge on any atom is 0.416 e. The number of fused-ring (bicyclic) bond motifs is 1. The van der Waals surface area contributed by atoms with Crippen molar-refractivity contribution in [2.24, 2.45) is 0 Å². The number of hydrogen-bond acceptors (Lipinski definition) is 6. The van der Waals surface area contributed by atoms with Gasteiger partial charge in [-0.25, -0.2) is 0 Å². The van der Waals surface area contributed by atoms with Gasteiger partial charge in [0.05, 0.1) is 12.2 Å². The summed E-state index contributed by atoms with van der Waals surface area (Å²) in [6, 6.07) is 10.3. The number of likely N-dealkylation sites (tertiary alicyclic amines) is 1. The first-order valence-electron chi connectivity index (χ1n) is 10.1. The number of rotatable bonds is 5. The molecule has 0 spiro atoms. The number of aliphatic hydroxyl groups excluding tert-OH is 1. The molecule has 1 fully saturated rings. The predicted molar refractivity (Wildman–Crippen MR) is 112 cm³/mol. The Morgan fingerprint density at radius 3 is 2.58 bits per heavy atom. The molecule has 4 rings (SSSR count). The van der Waals surface area contributed by atoms with Crippen LogP contribution in [0.1, 0.15) is 18.4 Å². The Hall–Kier alpha value is -2.91. The predicted octanol–water partition coefficient (Wildman–Crippen LogP) is 3.89. The maximum atomic E-state index is 12.9. The van der Waals surface area contributed by atoms with Crippen molar-refractivity contribution in [2.75, 3.05) is 31.6 Å². The van der Waals surface area contributed by atoms with Gasteiger partial charge in [0.2, 0.25) is 0 Å². The SMILES string of the molecule is OCCN1CCC[C@@H](Nc2nnc(-c3ccc(C(F)(F)F)cc3O)c3ccccc23)C1. The fourth-order valence-electron chi connectivity index (χ4n) is 4.03. The summed E-state index contributed by atoms with van der Waals surface area (Å²) in [6.07, 6.45) is -2.58. The molecular weight excluding hydrogens is 409 g/mol. The zero-order valence-corrected chi connectivity index (χ0v) is 16.7. The van der Waals surface area contributed by atoms with E-state index in [2.05, 4.69) is 20.4 Å². The molecule has 0 saturated carbocycles. The lowest BCUT2D eigenvalue weighted by Crippen LogP contribution is -2.43. The van der Waals surface area contributed by atoms with Crippen LogP contribution in [0, 0.1) is 0 Å². The molecule has 1 atom stereocenters. The van der Waals surface area contributed by atoms with E-state index in [-0.39, 0.29) is 18.2 Å². The van der Waals surface area contributed by atoms with Crippen LogP contribution in [0.3, 0.4) is 0 Å². The molecule has 1 saturated heterocycles. The number of piperidine rings is 1. The summed E-state index contributed by atoms with van der Waals surface area (Å²) in [5, 5.41) is 32.9. The average molecular weight is 432 g/mol. The Bertz CT molecular complexity index is 1070. The van der Waals surface area contributed by atoms with Gasteiger partial charge in [0.15, 0.2) is 5.82 Å². The number of β-amino-alcohol motifs (C(OH)–C–C–N with tert-alkyl or cyclic N) is 1. The summed E-state index contributed by atoms with van der Waals surface area (Å²) in [4.78, 5) is 2.19. The number of alkyl halides is 3. The van der Waals surface area contributed by atoms with Crippen LogP contribution in [0.15, 0.2) is 42.5 Å². The van der Waals surface area contributed by atoms with Crippen molar-refractivity contribution in [1.82, 2.24) is 15.1 Å². The lowest BCUT2D eigenvalue weighted by molar-refractivity contribution is -0.137. The summed E-state index contributed by atoms with van der Waals surface area (Å²) >= 11 is 0. The number of phenols is 1. The highest BCUT2D eigenvalue weighted by molar-refractivity contribution is 6.00. The number of benzene rings is 2. The third-order valence-electron chi connectivity index (χ3n) is 5.53. The zero-order valence-electron chi connectivity index (χ0n) is 16.7. The zero-order chi connectivity index (χ0) is 22.0. The molecule has 6 nitrogen and oxygen atoms in total. The first-order valence-corrected chi connectivity index (χ1v) is 10.1. The standard InChI is InChI=1S/C22H23F3N4O2/c23-22(24,25)14-7-8-18(19(31)12-14)20-16-5-1-2-6-17(16)21(28-27-20)26-15-4-3-9-29(13-15)10-11-30/h1-2,5-8,12,15,30-31H,3-4,9-11,13H2,(H,26,28)/t15-/m1/s1. The number of hydrogen-bond donors (Lipinski definition) is 3. The average Bonchev–Trinajstić information content (AvgIpc) is 2.74. The van der Waals surface area contributed by atoms with E-state index in [4.69, 9.17) is 0 Å². The second-order valence-corrected chi connectivity index (χ2v) is 7.68. The first-order chi connectivity index (χ1) is 14.9. The summed E-state index contributed by atoms with van der Waals surface area (Å²) < 4.78 is 38.8. The van der Waals surface area contributed by atoms with Crippen molar-refractivity contribution < 1.29 is 23.4 Å². The van der Waals surface area contributed by atoms with E-state index in [1.54, 1.807) is 6.07 Å². The minimum absolute atomic E-state index is 0.112. The number of nitrogens with one attached hydrogen (secondary N) is 1. The normalized spacial score (nSPS) is 17.7. The molecule has 31 heavy (non-hydrogen) atoms. The van der Waals surface area contributed by atoms with E-state index < -0.39 is 17.5 Å². The fraction of sp³-hybridized carbons (Fsp3) is 0.364. The first kappa shape index (κ1) is 21.3. The highest BCUT2D eigenvalue weighted by atomic mass is 19.4. The van der Waals surface area contributed by atoms with Crippen molar-refractivity contribution in [3.8, 4) is 17.0 Å². The largest absolute Gasteiger partial charge is 0.507 e. The molecule has 3 aromatic rings. The minimum atomic E-state index is -4.54. The van der Waals surface area contributed by atoms with Crippen molar-refractivity contribution in [3.63, 3.8) is 0 Å². The number of anilines is 1. The van der Waals surface area contributed by atoms with E-state index in [1.807, 2.05) is 18.2 Å². The van der Waals surface area contributed by atoms with Crippen molar-refractivity contribution in [2.45, 2.75) is 25.1 Å².